The Morgan fingerprint density at radius 2 is 2.04 bits per heavy atom. The first kappa shape index (κ1) is 18.7. The molecule has 0 aromatic heterocycles. The summed E-state index contributed by atoms with van der Waals surface area (Å²) in [4.78, 5) is 13.7. The number of aliphatic hydroxyl groups is 1. The molecule has 1 amide bonds. The zero-order valence-electron chi connectivity index (χ0n) is 15.9. The lowest BCUT2D eigenvalue weighted by atomic mass is 10.0. The molecule has 0 spiro atoms. The number of benzene rings is 2. The summed E-state index contributed by atoms with van der Waals surface area (Å²) in [5, 5.41) is 13.4. The van der Waals surface area contributed by atoms with Gasteiger partial charge in [-0.25, -0.2) is 0 Å². The van der Waals surface area contributed by atoms with Gasteiger partial charge < -0.3 is 15.2 Å². The summed E-state index contributed by atoms with van der Waals surface area (Å²) in [6.45, 7) is 2.31. The van der Waals surface area contributed by atoms with Crippen LogP contribution in [0.3, 0.4) is 0 Å². The van der Waals surface area contributed by atoms with E-state index in [1.807, 2.05) is 36.4 Å². The van der Waals surface area contributed by atoms with E-state index in [9.17, 15) is 9.90 Å². The van der Waals surface area contributed by atoms with Gasteiger partial charge in [0, 0.05) is 31.7 Å². The molecule has 2 aliphatic heterocycles. The predicted molar refractivity (Wildman–Crippen MR) is 110 cm³/mol. The van der Waals surface area contributed by atoms with E-state index in [2.05, 4.69) is 34.5 Å². The van der Waals surface area contributed by atoms with Crippen LogP contribution in [0, 0.1) is 0 Å². The number of nitrogens with zero attached hydrogens (tertiary/aromatic N) is 1. The number of piperidine rings is 1. The number of carbonyl (C=O) groups excluding carboxylic acids is 1. The van der Waals surface area contributed by atoms with E-state index in [4.69, 9.17) is 4.74 Å². The van der Waals surface area contributed by atoms with Gasteiger partial charge in [-0.1, -0.05) is 42.5 Å². The molecule has 2 aliphatic rings. The van der Waals surface area contributed by atoms with Crippen molar-refractivity contribution in [2.24, 2.45) is 0 Å². The fourth-order valence-corrected chi connectivity index (χ4v) is 3.79. The summed E-state index contributed by atoms with van der Waals surface area (Å²) >= 11 is 0. The number of hydrogen-bond donors (Lipinski definition) is 2. The SMILES string of the molecule is O=C1CCc2cc(O[C@@H]3CCN(C/C=C/c4ccccc4)C[C@H]3O)ccc2N1. The van der Waals surface area contributed by atoms with Crippen LogP contribution in [0.15, 0.2) is 54.6 Å². The number of carbonyl (C=O) groups is 1. The van der Waals surface area contributed by atoms with E-state index >= 15 is 0 Å². The van der Waals surface area contributed by atoms with Gasteiger partial charge in [0.15, 0.2) is 0 Å². The van der Waals surface area contributed by atoms with E-state index in [-0.39, 0.29) is 12.0 Å². The monoisotopic (exact) mass is 378 g/mol. The smallest absolute Gasteiger partial charge is 0.224 e. The maximum absolute atomic E-state index is 11.5. The molecular formula is C23H26N2O3. The summed E-state index contributed by atoms with van der Waals surface area (Å²) in [5.74, 6) is 0.821. The zero-order chi connectivity index (χ0) is 19.3. The van der Waals surface area contributed by atoms with Crippen LogP contribution in [0.25, 0.3) is 6.08 Å². The number of ether oxygens (including phenoxy) is 1. The molecule has 0 bridgehead atoms. The lowest BCUT2D eigenvalue weighted by Crippen LogP contribution is -2.48. The number of β-amino-alcohol motifs (C(OH)–C–C–N with tert-alkyl or cyclic N) is 1. The molecule has 146 valence electrons. The molecule has 0 aliphatic carbocycles. The fraction of sp³-hybridized carbons (Fsp3) is 0.348. The van der Waals surface area contributed by atoms with Gasteiger partial charge in [0.25, 0.3) is 0 Å². The second kappa shape index (κ2) is 8.59. The standard InChI is InChI=1S/C23H26N2O3/c26-21-16-25(13-4-7-17-5-2-1-3-6-17)14-12-22(21)28-19-9-10-20-18(15-19)8-11-23(27)24-20/h1-7,9-10,15,21-22,26H,8,11-14,16H2,(H,24,27)/b7-4+/t21-,22-/m1/s1. The average Bonchev–Trinajstić information content (AvgIpc) is 2.71. The van der Waals surface area contributed by atoms with E-state index in [0.717, 1.165) is 42.9 Å². The Bertz CT molecular complexity index is 850. The predicted octanol–water partition coefficient (Wildman–Crippen LogP) is 3.10. The normalized spacial score (nSPS) is 22.7. The zero-order valence-corrected chi connectivity index (χ0v) is 15.9. The highest BCUT2D eigenvalue weighted by molar-refractivity contribution is 5.94. The number of nitrogens with one attached hydrogen (secondary N) is 1. The largest absolute Gasteiger partial charge is 0.488 e. The van der Waals surface area contributed by atoms with Gasteiger partial charge in [0.1, 0.15) is 18.0 Å². The Kier molecular flexibility index (Phi) is 5.74. The minimum Gasteiger partial charge on any atom is -0.488 e. The number of anilines is 1. The van der Waals surface area contributed by atoms with Crippen LogP contribution in [-0.2, 0) is 11.2 Å². The number of rotatable bonds is 5. The number of amides is 1. The molecule has 2 N–H and O–H groups in total. The van der Waals surface area contributed by atoms with Crippen molar-refractivity contribution in [3.8, 4) is 5.75 Å². The quantitative estimate of drug-likeness (QED) is 0.839. The number of aliphatic hydroxyl groups excluding tert-OH is 1. The number of aryl methyl sites for hydroxylation is 1. The molecule has 0 saturated carbocycles. The Morgan fingerprint density at radius 3 is 2.86 bits per heavy atom. The molecule has 1 fully saturated rings. The van der Waals surface area contributed by atoms with Gasteiger partial charge in [-0.15, -0.1) is 0 Å². The van der Waals surface area contributed by atoms with Crippen LogP contribution in [0.1, 0.15) is 24.0 Å². The van der Waals surface area contributed by atoms with Crippen molar-refractivity contribution in [1.29, 1.82) is 0 Å². The van der Waals surface area contributed by atoms with Crippen molar-refractivity contribution in [3.05, 3.63) is 65.7 Å². The van der Waals surface area contributed by atoms with Gasteiger partial charge >= 0.3 is 0 Å². The molecule has 2 aromatic rings. The topological polar surface area (TPSA) is 61.8 Å². The van der Waals surface area contributed by atoms with Gasteiger partial charge in [-0.3, -0.25) is 9.69 Å². The minimum absolute atomic E-state index is 0.0604. The third kappa shape index (κ3) is 4.61. The fourth-order valence-electron chi connectivity index (χ4n) is 3.79. The molecular weight excluding hydrogens is 352 g/mol. The Balaban J connectivity index is 1.30. The molecule has 2 atom stereocenters. The molecule has 2 heterocycles. The molecule has 28 heavy (non-hydrogen) atoms. The molecule has 0 unspecified atom stereocenters. The highest BCUT2D eigenvalue weighted by Crippen LogP contribution is 2.28. The third-order valence-corrected chi connectivity index (χ3v) is 5.34. The number of likely N-dealkylation sites (tertiary alicyclic amines) is 1. The molecule has 5 heteroatoms. The highest BCUT2D eigenvalue weighted by atomic mass is 16.5. The van der Waals surface area contributed by atoms with E-state index in [1.165, 1.54) is 5.56 Å². The summed E-state index contributed by atoms with van der Waals surface area (Å²) in [6, 6.07) is 16.0. The van der Waals surface area contributed by atoms with Crippen LogP contribution >= 0.6 is 0 Å². The lowest BCUT2D eigenvalue weighted by Gasteiger charge is -2.35. The first-order valence-electron chi connectivity index (χ1n) is 9.89. The summed E-state index contributed by atoms with van der Waals surface area (Å²) in [7, 11) is 0. The summed E-state index contributed by atoms with van der Waals surface area (Å²) < 4.78 is 6.08. The highest BCUT2D eigenvalue weighted by Gasteiger charge is 2.29. The third-order valence-electron chi connectivity index (χ3n) is 5.34. The maximum atomic E-state index is 11.5. The minimum atomic E-state index is -0.519. The van der Waals surface area contributed by atoms with Crippen LogP contribution in [-0.4, -0.2) is 47.8 Å². The lowest BCUT2D eigenvalue weighted by molar-refractivity contribution is -0.116. The van der Waals surface area contributed by atoms with Crippen molar-refractivity contribution in [2.45, 2.75) is 31.5 Å². The molecule has 5 nitrogen and oxygen atoms in total. The van der Waals surface area contributed by atoms with Gasteiger partial charge in [-0.2, -0.15) is 0 Å². The summed E-state index contributed by atoms with van der Waals surface area (Å²) in [6.07, 6.45) is 5.55. The van der Waals surface area contributed by atoms with Crippen molar-refractivity contribution < 1.29 is 14.6 Å². The van der Waals surface area contributed by atoms with Crippen LogP contribution in [0.5, 0.6) is 5.75 Å². The van der Waals surface area contributed by atoms with Crippen molar-refractivity contribution >= 4 is 17.7 Å². The maximum Gasteiger partial charge on any atom is 0.224 e. The van der Waals surface area contributed by atoms with Crippen molar-refractivity contribution in [3.63, 3.8) is 0 Å². The number of fused-ring (bicyclic) bond motifs is 1. The van der Waals surface area contributed by atoms with Gasteiger partial charge in [0.2, 0.25) is 5.91 Å². The summed E-state index contributed by atoms with van der Waals surface area (Å²) in [5.41, 5.74) is 3.14. The Hall–Kier alpha value is -2.63. The van der Waals surface area contributed by atoms with E-state index in [1.54, 1.807) is 0 Å². The number of hydrogen-bond acceptors (Lipinski definition) is 4. The molecule has 2 aromatic carbocycles. The first-order chi connectivity index (χ1) is 13.7. The second-order valence-corrected chi connectivity index (χ2v) is 7.45. The first-order valence-corrected chi connectivity index (χ1v) is 9.89. The Morgan fingerprint density at radius 1 is 1.18 bits per heavy atom. The molecule has 1 saturated heterocycles. The van der Waals surface area contributed by atoms with Gasteiger partial charge in [-0.05, 0) is 42.2 Å². The van der Waals surface area contributed by atoms with Crippen LogP contribution < -0.4 is 10.1 Å². The average molecular weight is 378 g/mol. The van der Waals surface area contributed by atoms with E-state index in [0.29, 0.717) is 13.0 Å². The second-order valence-electron chi connectivity index (χ2n) is 7.45. The van der Waals surface area contributed by atoms with Crippen LogP contribution in [0.4, 0.5) is 5.69 Å². The Labute approximate surface area is 165 Å². The molecule has 4 rings (SSSR count). The van der Waals surface area contributed by atoms with E-state index < -0.39 is 6.10 Å². The van der Waals surface area contributed by atoms with Crippen LogP contribution in [0.2, 0.25) is 0 Å². The van der Waals surface area contributed by atoms with Gasteiger partial charge in [0.05, 0.1) is 0 Å². The van der Waals surface area contributed by atoms with Crippen molar-refractivity contribution in [1.82, 2.24) is 4.90 Å². The van der Waals surface area contributed by atoms with Crippen molar-refractivity contribution in [2.75, 3.05) is 25.0 Å². The molecule has 0 radical (unpaired) electrons.